The van der Waals surface area contributed by atoms with Crippen molar-refractivity contribution in [3.63, 3.8) is 0 Å². The van der Waals surface area contributed by atoms with Gasteiger partial charge in [0.1, 0.15) is 0 Å². The first-order valence-electron chi connectivity index (χ1n) is 6.90. The molecule has 0 spiro atoms. The van der Waals surface area contributed by atoms with Crippen LogP contribution in [0.2, 0.25) is 0 Å². The van der Waals surface area contributed by atoms with Crippen molar-refractivity contribution in [3.05, 3.63) is 0 Å². The molecule has 0 amide bonds. The van der Waals surface area contributed by atoms with E-state index in [0.717, 1.165) is 38.9 Å². The lowest BCUT2D eigenvalue weighted by atomic mass is 9.93. The molecule has 1 heterocycles. The lowest BCUT2D eigenvalue weighted by Gasteiger charge is -2.27. The van der Waals surface area contributed by atoms with Gasteiger partial charge in [-0.1, -0.05) is 12.8 Å². The molecule has 4 nitrogen and oxygen atoms in total. The molecule has 2 fully saturated rings. The normalized spacial score (nSPS) is 23.5. The van der Waals surface area contributed by atoms with Crippen LogP contribution in [0.25, 0.3) is 0 Å². The summed E-state index contributed by atoms with van der Waals surface area (Å²) in [5.74, 6) is 0.312. The van der Waals surface area contributed by atoms with Crippen molar-refractivity contribution in [3.8, 4) is 0 Å². The highest BCUT2D eigenvalue weighted by Gasteiger charge is 2.23. The summed E-state index contributed by atoms with van der Waals surface area (Å²) in [4.78, 5) is 0. The maximum atomic E-state index is 12.0. The first kappa shape index (κ1) is 13.3. The van der Waals surface area contributed by atoms with E-state index in [1.54, 1.807) is 4.31 Å². The van der Waals surface area contributed by atoms with Gasteiger partial charge in [-0.2, -0.15) is 0 Å². The highest BCUT2D eigenvalue weighted by Crippen LogP contribution is 2.18. The Kier molecular flexibility index (Phi) is 4.82. The number of sulfonamides is 1. The largest absolute Gasteiger partial charge is 0.314 e. The van der Waals surface area contributed by atoms with Gasteiger partial charge in [0.05, 0.1) is 5.75 Å². The van der Waals surface area contributed by atoms with Gasteiger partial charge in [-0.25, -0.2) is 12.7 Å². The van der Waals surface area contributed by atoms with E-state index in [0.29, 0.717) is 11.8 Å². The molecule has 0 unspecified atom stereocenters. The van der Waals surface area contributed by atoms with E-state index in [-0.39, 0.29) is 0 Å². The summed E-state index contributed by atoms with van der Waals surface area (Å²) in [7, 11) is -2.98. The van der Waals surface area contributed by atoms with E-state index >= 15 is 0 Å². The van der Waals surface area contributed by atoms with Crippen LogP contribution in [0.5, 0.6) is 0 Å². The molecule has 1 N–H and O–H groups in total. The van der Waals surface area contributed by atoms with Crippen LogP contribution in [-0.2, 0) is 10.0 Å². The minimum atomic E-state index is -2.98. The molecule has 2 rings (SSSR count). The molecule has 2 aliphatic rings. The van der Waals surface area contributed by atoms with Crippen molar-refractivity contribution in [1.82, 2.24) is 9.62 Å². The van der Waals surface area contributed by atoms with Gasteiger partial charge in [-0.3, -0.25) is 0 Å². The number of hydrogen-bond donors (Lipinski definition) is 1. The van der Waals surface area contributed by atoms with Gasteiger partial charge in [-0.05, 0) is 38.6 Å². The molecule has 0 aromatic carbocycles. The van der Waals surface area contributed by atoms with Crippen molar-refractivity contribution in [2.24, 2.45) is 0 Å². The fraction of sp³-hybridized carbons (Fsp3) is 1.00. The van der Waals surface area contributed by atoms with Crippen LogP contribution in [0.15, 0.2) is 0 Å². The molecule has 5 heteroatoms. The average Bonchev–Trinajstić information content (AvgIpc) is 2.27. The van der Waals surface area contributed by atoms with Gasteiger partial charge in [0, 0.05) is 19.1 Å². The summed E-state index contributed by atoms with van der Waals surface area (Å²) in [6.07, 6.45) is 7.82. The molecule has 0 aromatic rings. The van der Waals surface area contributed by atoms with Gasteiger partial charge < -0.3 is 5.32 Å². The Morgan fingerprint density at radius 3 is 2.35 bits per heavy atom. The SMILES string of the molecule is O=S(=O)(CCCNC1CCC1)N1CCCCC1. The third-order valence-electron chi connectivity index (χ3n) is 3.83. The maximum Gasteiger partial charge on any atom is 0.214 e. The third kappa shape index (κ3) is 3.93. The summed E-state index contributed by atoms with van der Waals surface area (Å²) >= 11 is 0. The Morgan fingerprint density at radius 1 is 1.06 bits per heavy atom. The van der Waals surface area contributed by atoms with Crippen LogP contribution in [0.1, 0.15) is 44.9 Å². The molecule has 1 aliphatic heterocycles. The van der Waals surface area contributed by atoms with Crippen molar-refractivity contribution in [2.45, 2.75) is 51.0 Å². The summed E-state index contributed by atoms with van der Waals surface area (Å²) in [6.45, 7) is 2.31. The van der Waals surface area contributed by atoms with Crippen LogP contribution in [0.3, 0.4) is 0 Å². The number of rotatable bonds is 6. The highest BCUT2D eigenvalue weighted by molar-refractivity contribution is 7.89. The van der Waals surface area contributed by atoms with E-state index in [9.17, 15) is 8.42 Å². The second-order valence-electron chi connectivity index (χ2n) is 5.21. The Balaban J connectivity index is 1.65. The van der Waals surface area contributed by atoms with Gasteiger partial charge >= 0.3 is 0 Å². The molecule has 1 saturated heterocycles. The summed E-state index contributed by atoms with van der Waals surface area (Å²) in [6, 6.07) is 0.660. The smallest absolute Gasteiger partial charge is 0.214 e. The summed E-state index contributed by atoms with van der Waals surface area (Å²) in [5, 5.41) is 3.41. The lowest BCUT2D eigenvalue weighted by molar-refractivity contribution is 0.336. The molecular weight excluding hydrogens is 236 g/mol. The minimum Gasteiger partial charge on any atom is -0.314 e. The molecule has 0 radical (unpaired) electrons. The number of piperidine rings is 1. The van der Waals surface area contributed by atoms with Crippen molar-refractivity contribution < 1.29 is 8.42 Å². The lowest BCUT2D eigenvalue weighted by Crippen LogP contribution is -2.39. The Bertz CT molecular complexity index is 319. The molecule has 1 aliphatic carbocycles. The van der Waals surface area contributed by atoms with E-state index < -0.39 is 10.0 Å². The predicted molar refractivity (Wildman–Crippen MR) is 69.5 cm³/mol. The fourth-order valence-corrected chi connectivity index (χ4v) is 4.03. The van der Waals surface area contributed by atoms with Crippen LogP contribution in [0, 0.1) is 0 Å². The Labute approximate surface area is 105 Å². The zero-order valence-corrected chi connectivity index (χ0v) is 11.3. The zero-order valence-electron chi connectivity index (χ0n) is 10.5. The second kappa shape index (κ2) is 6.16. The van der Waals surface area contributed by atoms with Crippen LogP contribution in [0.4, 0.5) is 0 Å². The summed E-state index contributed by atoms with van der Waals surface area (Å²) in [5.41, 5.74) is 0. The van der Waals surface area contributed by atoms with Gasteiger partial charge in [-0.15, -0.1) is 0 Å². The number of hydrogen-bond acceptors (Lipinski definition) is 3. The van der Waals surface area contributed by atoms with Crippen molar-refractivity contribution >= 4 is 10.0 Å². The van der Waals surface area contributed by atoms with Crippen molar-refractivity contribution in [2.75, 3.05) is 25.4 Å². The van der Waals surface area contributed by atoms with E-state index in [4.69, 9.17) is 0 Å². The molecule has 100 valence electrons. The Hall–Kier alpha value is -0.130. The first-order valence-corrected chi connectivity index (χ1v) is 8.50. The molecule has 1 saturated carbocycles. The molecule has 0 atom stereocenters. The van der Waals surface area contributed by atoms with Crippen LogP contribution >= 0.6 is 0 Å². The zero-order chi connectivity index (χ0) is 12.1. The van der Waals surface area contributed by atoms with Crippen LogP contribution < -0.4 is 5.32 Å². The van der Waals surface area contributed by atoms with E-state index in [1.807, 2.05) is 0 Å². The van der Waals surface area contributed by atoms with Gasteiger partial charge in [0.15, 0.2) is 0 Å². The molecule has 0 aromatic heterocycles. The first-order chi connectivity index (χ1) is 8.18. The van der Waals surface area contributed by atoms with Crippen LogP contribution in [-0.4, -0.2) is 44.2 Å². The van der Waals surface area contributed by atoms with E-state index in [1.165, 1.54) is 25.7 Å². The monoisotopic (exact) mass is 260 g/mol. The van der Waals surface area contributed by atoms with Gasteiger partial charge in [0.25, 0.3) is 0 Å². The minimum absolute atomic E-state index is 0.312. The predicted octanol–water partition coefficient (Wildman–Crippen LogP) is 1.33. The molecule has 17 heavy (non-hydrogen) atoms. The van der Waals surface area contributed by atoms with Gasteiger partial charge in [0.2, 0.25) is 10.0 Å². The van der Waals surface area contributed by atoms with Crippen molar-refractivity contribution in [1.29, 1.82) is 0 Å². The highest BCUT2D eigenvalue weighted by atomic mass is 32.2. The third-order valence-corrected chi connectivity index (χ3v) is 5.78. The number of nitrogens with zero attached hydrogens (tertiary/aromatic N) is 1. The Morgan fingerprint density at radius 2 is 1.76 bits per heavy atom. The standard InChI is InChI=1S/C12H24N2O2S/c15-17(16,14-9-2-1-3-10-14)11-5-8-13-12-6-4-7-12/h12-13H,1-11H2. The number of nitrogens with one attached hydrogen (secondary N) is 1. The maximum absolute atomic E-state index is 12.0. The second-order valence-corrected chi connectivity index (χ2v) is 7.30. The average molecular weight is 260 g/mol. The fourth-order valence-electron chi connectivity index (χ4n) is 2.45. The molecule has 0 bridgehead atoms. The quantitative estimate of drug-likeness (QED) is 0.733. The topological polar surface area (TPSA) is 49.4 Å². The van der Waals surface area contributed by atoms with E-state index in [2.05, 4.69) is 5.32 Å². The summed E-state index contributed by atoms with van der Waals surface area (Å²) < 4.78 is 25.7. The molecular formula is C12H24N2O2S.